The van der Waals surface area contributed by atoms with Gasteiger partial charge in [-0.3, -0.25) is 0 Å². The van der Waals surface area contributed by atoms with Gasteiger partial charge in [0, 0.05) is 17.9 Å². The number of hydrogen-bond donors (Lipinski definition) is 1. The van der Waals surface area contributed by atoms with Gasteiger partial charge in [0.05, 0.1) is 0 Å². The lowest BCUT2D eigenvalue weighted by molar-refractivity contribution is 0.0478. The molecule has 2 rings (SSSR count). The van der Waals surface area contributed by atoms with Crippen molar-refractivity contribution < 1.29 is 9.26 Å². The molecule has 0 aliphatic heterocycles. The van der Waals surface area contributed by atoms with Crippen LogP contribution in [0.25, 0.3) is 11.5 Å². The Hall–Kier alpha value is -1.88. The van der Waals surface area contributed by atoms with Crippen LogP contribution in [-0.2, 0) is 4.74 Å². The van der Waals surface area contributed by atoms with Crippen molar-refractivity contribution in [1.82, 2.24) is 10.1 Å². The first-order valence-electron chi connectivity index (χ1n) is 6.97. The van der Waals surface area contributed by atoms with Gasteiger partial charge in [0.1, 0.15) is 6.10 Å². The molecule has 1 heterocycles. The smallest absolute Gasteiger partial charge is 0.258 e. The third-order valence-corrected chi connectivity index (χ3v) is 3.17. The Labute approximate surface area is 119 Å². The summed E-state index contributed by atoms with van der Waals surface area (Å²) in [6.45, 7) is 6.66. The van der Waals surface area contributed by atoms with Gasteiger partial charge in [0.25, 0.3) is 5.89 Å². The minimum atomic E-state index is -0.0996. The van der Waals surface area contributed by atoms with Crippen molar-refractivity contribution in [2.45, 2.75) is 39.7 Å². The fourth-order valence-corrected chi connectivity index (χ4v) is 2.04. The van der Waals surface area contributed by atoms with E-state index in [0.717, 1.165) is 29.7 Å². The number of rotatable bonds is 6. The molecule has 0 spiro atoms. The molecule has 20 heavy (non-hydrogen) atoms. The lowest BCUT2D eigenvalue weighted by atomic mass is 10.1. The van der Waals surface area contributed by atoms with E-state index in [0.29, 0.717) is 18.3 Å². The van der Waals surface area contributed by atoms with Gasteiger partial charge >= 0.3 is 0 Å². The van der Waals surface area contributed by atoms with E-state index in [1.54, 1.807) is 0 Å². The van der Waals surface area contributed by atoms with Gasteiger partial charge in [-0.15, -0.1) is 0 Å². The van der Waals surface area contributed by atoms with Gasteiger partial charge < -0.3 is 15.0 Å². The predicted octanol–water partition coefficient (Wildman–Crippen LogP) is 3.50. The van der Waals surface area contributed by atoms with Crippen LogP contribution in [0.4, 0.5) is 5.69 Å². The van der Waals surface area contributed by atoms with E-state index in [1.165, 1.54) is 0 Å². The van der Waals surface area contributed by atoms with E-state index >= 15 is 0 Å². The summed E-state index contributed by atoms with van der Waals surface area (Å²) >= 11 is 0. The summed E-state index contributed by atoms with van der Waals surface area (Å²) in [6, 6.07) is 5.68. The van der Waals surface area contributed by atoms with Crippen molar-refractivity contribution in [3.05, 3.63) is 29.6 Å². The molecule has 5 heteroatoms. The molecule has 1 atom stereocenters. The molecular weight excluding hydrogens is 254 g/mol. The van der Waals surface area contributed by atoms with Crippen LogP contribution in [0, 0.1) is 6.92 Å². The number of nitrogens with two attached hydrogens (primary N) is 1. The zero-order chi connectivity index (χ0) is 14.5. The largest absolute Gasteiger partial charge is 0.399 e. The zero-order valence-electron chi connectivity index (χ0n) is 12.2. The van der Waals surface area contributed by atoms with Crippen LogP contribution in [-0.4, -0.2) is 16.7 Å². The summed E-state index contributed by atoms with van der Waals surface area (Å²) in [5.41, 5.74) is 8.44. The van der Waals surface area contributed by atoms with Gasteiger partial charge in [-0.1, -0.05) is 18.5 Å². The van der Waals surface area contributed by atoms with E-state index in [2.05, 4.69) is 17.1 Å². The van der Waals surface area contributed by atoms with E-state index in [-0.39, 0.29) is 6.10 Å². The monoisotopic (exact) mass is 275 g/mol. The molecule has 2 aromatic rings. The Balaban J connectivity index is 2.24. The number of ether oxygens (including phenoxy) is 1. The van der Waals surface area contributed by atoms with Crippen LogP contribution in [0.2, 0.25) is 0 Å². The standard InChI is InChI=1S/C15H21N3O2/c1-4-6-13(19-5-2)14-17-15(20-18-14)11-7-8-12(16)10(3)9-11/h7-9,13H,4-6,16H2,1-3H3. The Morgan fingerprint density at radius 1 is 1.35 bits per heavy atom. The summed E-state index contributed by atoms with van der Waals surface area (Å²) in [7, 11) is 0. The first-order valence-corrected chi connectivity index (χ1v) is 6.97. The average Bonchev–Trinajstić information content (AvgIpc) is 2.91. The molecule has 1 aromatic heterocycles. The molecule has 5 nitrogen and oxygen atoms in total. The third kappa shape index (κ3) is 3.17. The molecule has 108 valence electrons. The van der Waals surface area contributed by atoms with Crippen LogP contribution in [0.1, 0.15) is 44.2 Å². The fourth-order valence-electron chi connectivity index (χ4n) is 2.04. The van der Waals surface area contributed by atoms with Crippen molar-refractivity contribution >= 4 is 5.69 Å². The number of nitrogen functional groups attached to an aromatic ring is 1. The summed E-state index contributed by atoms with van der Waals surface area (Å²) < 4.78 is 11.0. The maximum absolute atomic E-state index is 5.81. The first-order chi connectivity index (χ1) is 9.65. The fraction of sp³-hybridized carbons (Fsp3) is 0.467. The number of hydrogen-bond acceptors (Lipinski definition) is 5. The van der Waals surface area contributed by atoms with Crippen LogP contribution in [0.5, 0.6) is 0 Å². The third-order valence-electron chi connectivity index (χ3n) is 3.17. The van der Waals surface area contributed by atoms with Gasteiger partial charge in [-0.2, -0.15) is 4.98 Å². The van der Waals surface area contributed by atoms with Crippen molar-refractivity contribution in [3.8, 4) is 11.5 Å². The maximum Gasteiger partial charge on any atom is 0.258 e. The van der Waals surface area contributed by atoms with Crippen molar-refractivity contribution in [2.24, 2.45) is 0 Å². The second kappa shape index (κ2) is 6.52. The molecule has 0 saturated carbocycles. The summed E-state index contributed by atoms with van der Waals surface area (Å²) in [5.74, 6) is 1.11. The molecule has 0 bridgehead atoms. The molecule has 0 fully saturated rings. The highest BCUT2D eigenvalue weighted by Gasteiger charge is 2.18. The second-order valence-corrected chi connectivity index (χ2v) is 4.76. The van der Waals surface area contributed by atoms with E-state index in [1.807, 2.05) is 32.0 Å². The highest BCUT2D eigenvalue weighted by Crippen LogP contribution is 2.25. The lowest BCUT2D eigenvalue weighted by Gasteiger charge is -2.11. The van der Waals surface area contributed by atoms with Gasteiger partial charge in [0.15, 0.2) is 0 Å². The number of benzene rings is 1. The number of nitrogens with zero attached hydrogens (tertiary/aromatic N) is 2. The van der Waals surface area contributed by atoms with Crippen LogP contribution in [0.15, 0.2) is 22.7 Å². The number of aryl methyl sites for hydroxylation is 1. The topological polar surface area (TPSA) is 74.2 Å². The normalized spacial score (nSPS) is 12.6. The zero-order valence-corrected chi connectivity index (χ0v) is 12.2. The molecule has 0 aliphatic carbocycles. The van der Waals surface area contributed by atoms with Crippen LogP contribution >= 0.6 is 0 Å². The molecule has 1 aromatic carbocycles. The molecule has 0 amide bonds. The van der Waals surface area contributed by atoms with E-state index in [9.17, 15) is 0 Å². The molecular formula is C15H21N3O2. The quantitative estimate of drug-likeness (QED) is 0.817. The van der Waals surface area contributed by atoms with Gasteiger partial charge in [-0.25, -0.2) is 0 Å². The average molecular weight is 275 g/mol. The predicted molar refractivity (Wildman–Crippen MR) is 78.2 cm³/mol. The van der Waals surface area contributed by atoms with Gasteiger partial charge in [-0.05, 0) is 44.0 Å². The van der Waals surface area contributed by atoms with Gasteiger partial charge in [0.2, 0.25) is 5.82 Å². The molecule has 0 aliphatic rings. The SMILES string of the molecule is CCCC(OCC)c1noc(-c2ccc(N)c(C)c2)n1. The van der Waals surface area contributed by atoms with Crippen LogP contribution in [0.3, 0.4) is 0 Å². The van der Waals surface area contributed by atoms with E-state index in [4.69, 9.17) is 15.0 Å². The maximum atomic E-state index is 5.81. The lowest BCUT2D eigenvalue weighted by Crippen LogP contribution is -2.05. The molecule has 0 saturated heterocycles. The van der Waals surface area contributed by atoms with Crippen LogP contribution < -0.4 is 5.73 Å². The Morgan fingerprint density at radius 2 is 2.15 bits per heavy atom. The molecule has 1 unspecified atom stereocenters. The highest BCUT2D eigenvalue weighted by atomic mass is 16.5. The first kappa shape index (κ1) is 14.5. The number of aromatic nitrogens is 2. The van der Waals surface area contributed by atoms with Crippen molar-refractivity contribution in [1.29, 1.82) is 0 Å². The molecule has 2 N–H and O–H groups in total. The number of anilines is 1. The van der Waals surface area contributed by atoms with Crippen molar-refractivity contribution in [3.63, 3.8) is 0 Å². The Morgan fingerprint density at radius 3 is 2.80 bits per heavy atom. The minimum Gasteiger partial charge on any atom is -0.399 e. The molecule has 0 radical (unpaired) electrons. The van der Waals surface area contributed by atoms with E-state index < -0.39 is 0 Å². The minimum absolute atomic E-state index is 0.0996. The highest BCUT2D eigenvalue weighted by molar-refractivity contribution is 5.60. The Kier molecular flexibility index (Phi) is 4.74. The summed E-state index contributed by atoms with van der Waals surface area (Å²) in [4.78, 5) is 4.45. The second-order valence-electron chi connectivity index (χ2n) is 4.76. The van der Waals surface area contributed by atoms with Crippen molar-refractivity contribution in [2.75, 3.05) is 12.3 Å². The summed E-state index contributed by atoms with van der Waals surface area (Å²) in [5, 5.41) is 4.04. The summed E-state index contributed by atoms with van der Waals surface area (Å²) in [6.07, 6.45) is 1.79. The Bertz CT molecular complexity index is 560.